The number of halogens is 6. The molecule has 122 valence electrons. The van der Waals surface area contributed by atoms with E-state index in [-0.39, 0.29) is 0 Å². The van der Waals surface area contributed by atoms with Gasteiger partial charge in [0, 0.05) is 5.54 Å². The second-order valence-electron chi connectivity index (χ2n) is 4.26. The third kappa shape index (κ3) is 3.19. The quantitative estimate of drug-likeness (QED) is 0.728. The van der Waals surface area contributed by atoms with E-state index >= 15 is 0 Å². The Morgan fingerprint density at radius 2 is 1.05 bits per heavy atom. The van der Waals surface area contributed by atoms with Gasteiger partial charge < -0.3 is 0 Å². The van der Waals surface area contributed by atoms with Gasteiger partial charge in [0.25, 0.3) is 0 Å². The van der Waals surface area contributed by atoms with Crippen molar-refractivity contribution >= 4 is 20.0 Å². The van der Waals surface area contributed by atoms with Crippen molar-refractivity contribution in [2.75, 3.05) is 0 Å². The number of sulfonamides is 2. The van der Waals surface area contributed by atoms with Crippen LogP contribution in [0.3, 0.4) is 0 Å². The molecule has 0 fully saturated rings. The van der Waals surface area contributed by atoms with E-state index in [1.165, 1.54) is 0 Å². The Morgan fingerprint density at radius 1 is 0.800 bits per heavy atom. The van der Waals surface area contributed by atoms with Crippen LogP contribution in [0.1, 0.15) is 27.2 Å². The third-order valence-corrected chi connectivity index (χ3v) is 6.59. The van der Waals surface area contributed by atoms with E-state index in [1.807, 2.05) is 0 Å². The highest BCUT2D eigenvalue weighted by molar-refractivity contribution is 8.04. The fourth-order valence-corrected chi connectivity index (χ4v) is 4.57. The summed E-state index contributed by atoms with van der Waals surface area (Å²) >= 11 is 0. The summed E-state index contributed by atoms with van der Waals surface area (Å²) < 4.78 is 118. The van der Waals surface area contributed by atoms with Crippen molar-refractivity contribution in [2.45, 2.75) is 43.7 Å². The van der Waals surface area contributed by atoms with E-state index in [9.17, 15) is 43.2 Å². The van der Waals surface area contributed by atoms with E-state index in [1.54, 1.807) is 0 Å². The second-order valence-corrected chi connectivity index (χ2v) is 8.05. The fourth-order valence-electron chi connectivity index (χ4n) is 1.10. The van der Waals surface area contributed by atoms with Gasteiger partial charge in [-0.25, -0.2) is 16.8 Å². The summed E-state index contributed by atoms with van der Waals surface area (Å²) in [6, 6.07) is 0. The molecule has 0 saturated heterocycles. The fraction of sp³-hybridized carbons (Fsp3) is 1.00. The van der Waals surface area contributed by atoms with Gasteiger partial charge in [-0.1, -0.05) is 10.6 Å². The Bertz CT molecular complexity index is 515. The van der Waals surface area contributed by atoms with E-state index in [4.69, 9.17) is 0 Å². The summed E-state index contributed by atoms with van der Waals surface area (Å²) in [5.74, 6) is 0. The monoisotopic (exact) mass is 351 g/mol. The van der Waals surface area contributed by atoms with Gasteiger partial charge in [-0.15, -0.1) is 0 Å². The van der Waals surface area contributed by atoms with Gasteiger partial charge in [0.05, 0.1) is 0 Å². The molecule has 0 aromatic rings. The number of hydrogen-bond donors (Lipinski definition) is 0. The molecular formula is C7H11F6NO4S2. The molecule has 0 spiro atoms. The van der Waals surface area contributed by atoms with E-state index in [0.717, 1.165) is 6.92 Å². The van der Waals surface area contributed by atoms with Crippen molar-refractivity contribution < 1.29 is 43.2 Å². The molecule has 0 aliphatic carbocycles. The molecule has 0 aromatic heterocycles. The number of hydrogen-bond acceptors (Lipinski definition) is 4. The van der Waals surface area contributed by atoms with Crippen LogP contribution in [0.2, 0.25) is 0 Å². The highest BCUT2D eigenvalue weighted by atomic mass is 32.3. The first-order chi connectivity index (χ1) is 8.43. The molecule has 20 heavy (non-hydrogen) atoms. The van der Waals surface area contributed by atoms with Crippen LogP contribution >= 0.6 is 0 Å². The lowest BCUT2D eigenvalue weighted by molar-refractivity contribution is -0.0563. The Hall–Kier alpha value is -0.560. The zero-order valence-corrected chi connectivity index (χ0v) is 12.0. The van der Waals surface area contributed by atoms with Crippen LogP contribution in [-0.4, -0.2) is 37.1 Å². The average Bonchev–Trinajstić information content (AvgIpc) is 2.12. The van der Waals surface area contributed by atoms with Crippen molar-refractivity contribution in [3.63, 3.8) is 0 Å². The molecule has 0 bridgehead atoms. The lowest BCUT2D eigenvalue weighted by atomic mass is 10.0. The van der Waals surface area contributed by atoms with Crippen molar-refractivity contribution in [1.29, 1.82) is 0 Å². The molecule has 0 unspecified atom stereocenters. The van der Waals surface area contributed by atoms with Crippen molar-refractivity contribution in [3.05, 3.63) is 0 Å². The number of rotatable bonds is 4. The van der Waals surface area contributed by atoms with Crippen LogP contribution in [0.15, 0.2) is 0 Å². The first-order valence-corrected chi connectivity index (χ1v) is 7.74. The summed E-state index contributed by atoms with van der Waals surface area (Å²) in [5.41, 5.74) is -14.8. The average molecular weight is 351 g/mol. The molecule has 0 atom stereocenters. The van der Waals surface area contributed by atoms with Crippen LogP contribution < -0.4 is 0 Å². The molecule has 0 N–H and O–H groups in total. The highest BCUT2D eigenvalue weighted by Gasteiger charge is 2.65. The van der Waals surface area contributed by atoms with Crippen LogP contribution in [0.4, 0.5) is 26.3 Å². The molecule has 0 saturated carbocycles. The maximum Gasteiger partial charge on any atom is 0.512 e. The minimum atomic E-state index is -6.72. The van der Waals surface area contributed by atoms with Gasteiger partial charge in [0.1, 0.15) is 0 Å². The van der Waals surface area contributed by atoms with Crippen LogP contribution in [0.5, 0.6) is 0 Å². The highest BCUT2D eigenvalue weighted by Crippen LogP contribution is 2.40. The lowest BCUT2D eigenvalue weighted by Crippen LogP contribution is -2.57. The molecule has 0 rings (SSSR count). The van der Waals surface area contributed by atoms with Crippen LogP contribution in [-0.2, 0) is 20.0 Å². The summed E-state index contributed by atoms with van der Waals surface area (Å²) in [5, 5.41) is 0. The number of nitrogens with zero attached hydrogens (tertiary/aromatic N) is 1. The van der Waals surface area contributed by atoms with Gasteiger partial charge in [0.15, 0.2) is 0 Å². The van der Waals surface area contributed by atoms with Gasteiger partial charge in [-0.05, 0) is 20.3 Å². The Balaban J connectivity index is 6.51. The zero-order chi connectivity index (χ0) is 16.8. The Kier molecular flexibility index (Phi) is 4.88. The maximum absolute atomic E-state index is 12.4. The van der Waals surface area contributed by atoms with E-state index in [0.29, 0.717) is 13.8 Å². The smallest absolute Gasteiger partial charge is 0.202 e. The van der Waals surface area contributed by atoms with Crippen LogP contribution in [0, 0.1) is 0 Å². The molecule has 0 heterocycles. The first kappa shape index (κ1) is 19.4. The number of alkyl halides is 6. The van der Waals surface area contributed by atoms with Crippen molar-refractivity contribution in [3.8, 4) is 0 Å². The second kappa shape index (κ2) is 5.02. The summed E-state index contributed by atoms with van der Waals surface area (Å²) in [4.78, 5) is 0. The Labute approximate surface area is 111 Å². The lowest BCUT2D eigenvalue weighted by Gasteiger charge is -2.35. The maximum atomic E-state index is 12.4. The van der Waals surface area contributed by atoms with E-state index < -0.39 is 46.7 Å². The first-order valence-electron chi connectivity index (χ1n) is 4.86. The molecule has 13 heteroatoms. The molecule has 0 aliphatic rings. The van der Waals surface area contributed by atoms with E-state index in [2.05, 4.69) is 0 Å². The Morgan fingerprint density at radius 3 is 1.20 bits per heavy atom. The summed E-state index contributed by atoms with van der Waals surface area (Å²) in [6.45, 7) is 2.32. The predicted octanol–water partition coefficient (Wildman–Crippen LogP) is 2.18. The summed E-state index contributed by atoms with van der Waals surface area (Å²) in [7, 11) is -13.4. The minimum absolute atomic E-state index is 0.600. The van der Waals surface area contributed by atoms with Crippen molar-refractivity contribution in [1.82, 2.24) is 3.71 Å². The van der Waals surface area contributed by atoms with Gasteiger partial charge in [-0.3, -0.25) is 0 Å². The van der Waals surface area contributed by atoms with Crippen molar-refractivity contribution in [2.24, 2.45) is 0 Å². The van der Waals surface area contributed by atoms with Crippen LogP contribution in [0.25, 0.3) is 0 Å². The third-order valence-electron chi connectivity index (χ3n) is 2.38. The largest absolute Gasteiger partial charge is 0.512 e. The molecular weight excluding hydrogens is 340 g/mol. The minimum Gasteiger partial charge on any atom is -0.202 e. The molecule has 0 aromatic carbocycles. The predicted molar refractivity (Wildman–Crippen MR) is 56.2 cm³/mol. The molecule has 0 aliphatic heterocycles. The normalized spacial score (nSPS) is 15.7. The van der Waals surface area contributed by atoms with Gasteiger partial charge in [0.2, 0.25) is 0 Å². The molecule has 0 radical (unpaired) electrons. The molecule has 0 amide bonds. The SMILES string of the molecule is CCC(C)(C)N(S(=O)(=O)C(F)(F)F)S(=O)(=O)C(F)(F)F. The zero-order valence-electron chi connectivity index (χ0n) is 10.4. The standard InChI is InChI=1S/C7H11F6NO4S2/c1-4-5(2,3)14(19(15,16)6(8,9)10)20(17,18)7(11,12)13/h4H2,1-3H3. The molecule has 5 nitrogen and oxygen atoms in total. The van der Waals surface area contributed by atoms with Gasteiger partial charge in [-0.2, -0.15) is 26.3 Å². The summed E-state index contributed by atoms with van der Waals surface area (Å²) in [6.07, 6.45) is -0.600. The topological polar surface area (TPSA) is 71.5 Å². The van der Waals surface area contributed by atoms with Gasteiger partial charge >= 0.3 is 31.1 Å².